The maximum atomic E-state index is 12.8. The van der Waals surface area contributed by atoms with Gasteiger partial charge in [-0.25, -0.2) is 4.39 Å². The van der Waals surface area contributed by atoms with Gasteiger partial charge in [-0.3, -0.25) is 9.59 Å². The van der Waals surface area contributed by atoms with Gasteiger partial charge in [-0.1, -0.05) is 6.92 Å². The Bertz CT molecular complexity index is 445. The van der Waals surface area contributed by atoms with Crippen molar-refractivity contribution >= 4 is 27.7 Å². The van der Waals surface area contributed by atoms with Crippen LogP contribution in [0.4, 0.5) is 4.39 Å². The first-order valence-corrected chi connectivity index (χ1v) is 5.81. The van der Waals surface area contributed by atoms with Crippen LogP contribution in [0, 0.1) is 11.7 Å². The van der Waals surface area contributed by atoms with Crippen LogP contribution in [-0.2, 0) is 9.53 Å². The van der Waals surface area contributed by atoms with Crippen LogP contribution in [0.25, 0.3) is 0 Å². The first kappa shape index (κ1) is 13.8. The summed E-state index contributed by atoms with van der Waals surface area (Å²) in [7, 11) is 1.27. The first-order valence-electron chi connectivity index (χ1n) is 5.01. The van der Waals surface area contributed by atoms with Gasteiger partial charge in [0, 0.05) is 16.5 Å². The molecule has 0 N–H and O–H groups in total. The fourth-order valence-electron chi connectivity index (χ4n) is 1.39. The van der Waals surface area contributed by atoms with Crippen molar-refractivity contribution < 1.29 is 18.7 Å². The van der Waals surface area contributed by atoms with E-state index < -0.39 is 17.7 Å². The SMILES string of the molecule is COC(=O)C(C)CC(=O)c1ccc(F)cc1Br. The standard InChI is InChI=1S/C12H12BrFO3/c1-7(12(16)17-2)5-11(15)9-4-3-8(14)6-10(9)13/h3-4,6-7H,5H2,1-2H3. The maximum absolute atomic E-state index is 12.8. The predicted octanol–water partition coefficient (Wildman–Crippen LogP) is 2.97. The van der Waals surface area contributed by atoms with Crippen molar-refractivity contribution in [2.24, 2.45) is 5.92 Å². The van der Waals surface area contributed by atoms with Gasteiger partial charge in [0.25, 0.3) is 0 Å². The van der Waals surface area contributed by atoms with E-state index in [1.807, 2.05) is 0 Å². The minimum atomic E-state index is -0.510. The second kappa shape index (κ2) is 5.91. The molecule has 0 amide bonds. The molecule has 0 aromatic heterocycles. The number of methoxy groups -OCH3 is 1. The van der Waals surface area contributed by atoms with E-state index in [4.69, 9.17) is 0 Å². The molecule has 0 spiro atoms. The molecule has 0 fully saturated rings. The Morgan fingerprint density at radius 1 is 1.47 bits per heavy atom. The molecule has 0 aliphatic rings. The lowest BCUT2D eigenvalue weighted by Gasteiger charge is -2.09. The molecule has 1 unspecified atom stereocenters. The Kier molecular flexibility index (Phi) is 4.81. The molecule has 1 aromatic rings. The molecule has 0 radical (unpaired) electrons. The van der Waals surface area contributed by atoms with Crippen LogP contribution in [0.1, 0.15) is 23.7 Å². The van der Waals surface area contributed by atoms with Crippen molar-refractivity contribution in [3.05, 3.63) is 34.1 Å². The molecule has 1 atom stereocenters. The van der Waals surface area contributed by atoms with Crippen molar-refractivity contribution in [1.82, 2.24) is 0 Å². The number of hydrogen-bond donors (Lipinski definition) is 0. The van der Waals surface area contributed by atoms with Gasteiger partial charge in [-0.2, -0.15) is 0 Å². The monoisotopic (exact) mass is 302 g/mol. The summed E-state index contributed by atoms with van der Waals surface area (Å²) in [5, 5.41) is 0. The van der Waals surface area contributed by atoms with Gasteiger partial charge in [0.2, 0.25) is 0 Å². The Hall–Kier alpha value is -1.23. The summed E-state index contributed by atoms with van der Waals surface area (Å²) in [5.74, 6) is -1.59. The van der Waals surface area contributed by atoms with Gasteiger partial charge in [0.15, 0.2) is 5.78 Å². The zero-order valence-corrected chi connectivity index (χ0v) is 11.1. The van der Waals surface area contributed by atoms with Crippen molar-refractivity contribution in [2.75, 3.05) is 7.11 Å². The molecule has 1 aromatic carbocycles. The minimum Gasteiger partial charge on any atom is -0.469 e. The average molecular weight is 303 g/mol. The molecular weight excluding hydrogens is 291 g/mol. The smallest absolute Gasteiger partial charge is 0.308 e. The molecule has 1 rings (SSSR count). The topological polar surface area (TPSA) is 43.4 Å². The number of Topliss-reactive ketones (excluding diaryl/α,β-unsaturated/α-hetero) is 1. The third kappa shape index (κ3) is 3.63. The number of benzene rings is 1. The number of halogens is 2. The minimum absolute atomic E-state index is 0.0386. The van der Waals surface area contributed by atoms with E-state index >= 15 is 0 Å². The van der Waals surface area contributed by atoms with E-state index in [2.05, 4.69) is 20.7 Å². The highest BCUT2D eigenvalue weighted by Crippen LogP contribution is 2.21. The lowest BCUT2D eigenvalue weighted by atomic mass is 10.00. The van der Waals surface area contributed by atoms with Gasteiger partial charge in [0.1, 0.15) is 5.82 Å². The lowest BCUT2D eigenvalue weighted by Crippen LogP contribution is -2.17. The zero-order valence-electron chi connectivity index (χ0n) is 9.50. The summed E-state index contributed by atoms with van der Waals surface area (Å²) in [6, 6.07) is 3.82. The summed E-state index contributed by atoms with van der Waals surface area (Å²) in [6.07, 6.45) is 0.0386. The van der Waals surface area contributed by atoms with E-state index in [1.54, 1.807) is 6.92 Å². The number of hydrogen-bond acceptors (Lipinski definition) is 3. The second-order valence-corrected chi connectivity index (χ2v) is 4.53. The van der Waals surface area contributed by atoms with Crippen LogP contribution < -0.4 is 0 Å². The molecule has 0 aliphatic heterocycles. The second-order valence-electron chi connectivity index (χ2n) is 3.68. The van der Waals surface area contributed by atoms with E-state index in [-0.39, 0.29) is 12.2 Å². The molecule has 3 nitrogen and oxygen atoms in total. The van der Waals surface area contributed by atoms with Crippen molar-refractivity contribution in [1.29, 1.82) is 0 Å². The van der Waals surface area contributed by atoms with Crippen LogP contribution in [0.5, 0.6) is 0 Å². The van der Waals surface area contributed by atoms with Crippen LogP contribution in [-0.4, -0.2) is 18.9 Å². The Morgan fingerprint density at radius 2 is 2.12 bits per heavy atom. The molecule has 92 valence electrons. The summed E-state index contributed by atoms with van der Waals surface area (Å²) in [6.45, 7) is 1.61. The zero-order chi connectivity index (χ0) is 13.0. The lowest BCUT2D eigenvalue weighted by molar-refractivity contribution is -0.144. The average Bonchev–Trinajstić information content (AvgIpc) is 2.27. The highest BCUT2D eigenvalue weighted by Gasteiger charge is 2.19. The van der Waals surface area contributed by atoms with Crippen molar-refractivity contribution in [3.63, 3.8) is 0 Å². The summed E-state index contributed by atoms with van der Waals surface area (Å²) in [5.41, 5.74) is 0.363. The third-order valence-electron chi connectivity index (χ3n) is 2.33. The first-order chi connectivity index (χ1) is 7.95. The Balaban J connectivity index is 2.80. The van der Waals surface area contributed by atoms with Crippen molar-refractivity contribution in [3.8, 4) is 0 Å². The fraction of sp³-hybridized carbons (Fsp3) is 0.333. The van der Waals surface area contributed by atoms with Crippen LogP contribution >= 0.6 is 15.9 Å². The number of carbonyl (C=O) groups is 2. The van der Waals surface area contributed by atoms with Crippen molar-refractivity contribution in [2.45, 2.75) is 13.3 Å². The number of ether oxygens (including phenoxy) is 1. The van der Waals surface area contributed by atoms with E-state index in [0.717, 1.165) is 0 Å². The van der Waals surface area contributed by atoms with Gasteiger partial charge < -0.3 is 4.74 Å². The summed E-state index contributed by atoms with van der Waals surface area (Å²) >= 11 is 3.11. The van der Waals surface area contributed by atoms with Gasteiger partial charge >= 0.3 is 5.97 Å². The number of rotatable bonds is 4. The van der Waals surface area contributed by atoms with Gasteiger partial charge in [0.05, 0.1) is 13.0 Å². The molecule has 0 bridgehead atoms. The largest absolute Gasteiger partial charge is 0.469 e. The van der Waals surface area contributed by atoms with Gasteiger partial charge in [-0.15, -0.1) is 0 Å². The maximum Gasteiger partial charge on any atom is 0.308 e. The molecule has 0 aliphatic carbocycles. The molecule has 0 saturated carbocycles. The van der Waals surface area contributed by atoms with Crippen LogP contribution in [0.3, 0.4) is 0 Å². The van der Waals surface area contributed by atoms with Crippen LogP contribution in [0.15, 0.2) is 22.7 Å². The molecule has 17 heavy (non-hydrogen) atoms. The molecule has 0 heterocycles. The molecule has 5 heteroatoms. The summed E-state index contributed by atoms with van der Waals surface area (Å²) < 4.78 is 17.8. The Labute approximate surface area is 107 Å². The third-order valence-corrected chi connectivity index (χ3v) is 2.98. The Morgan fingerprint density at radius 3 is 2.65 bits per heavy atom. The molecular formula is C12H12BrFO3. The normalized spacial score (nSPS) is 12.0. The van der Waals surface area contributed by atoms with Gasteiger partial charge in [-0.05, 0) is 34.1 Å². The number of esters is 1. The van der Waals surface area contributed by atoms with Crippen LogP contribution in [0.2, 0.25) is 0 Å². The van der Waals surface area contributed by atoms with E-state index in [9.17, 15) is 14.0 Å². The summed E-state index contributed by atoms with van der Waals surface area (Å²) in [4.78, 5) is 23.0. The highest BCUT2D eigenvalue weighted by molar-refractivity contribution is 9.10. The fourth-order valence-corrected chi connectivity index (χ4v) is 1.96. The predicted molar refractivity (Wildman–Crippen MR) is 64.2 cm³/mol. The number of carbonyl (C=O) groups excluding carboxylic acids is 2. The highest BCUT2D eigenvalue weighted by atomic mass is 79.9. The van der Waals surface area contributed by atoms with E-state index in [1.165, 1.54) is 25.3 Å². The molecule has 0 saturated heterocycles. The quantitative estimate of drug-likeness (QED) is 0.634. The van der Waals surface area contributed by atoms with E-state index in [0.29, 0.717) is 10.0 Å². The number of ketones is 1.